The van der Waals surface area contributed by atoms with Crippen molar-refractivity contribution in [2.45, 2.75) is 31.5 Å². The van der Waals surface area contributed by atoms with Gasteiger partial charge in [-0.2, -0.15) is 0 Å². The van der Waals surface area contributed by atoms with E-state index < -0.39 is 21.6 Å². The minimum absolute atomic E-state index is 0.174. The SMILES string of the molecule is CC1(C(=O)O)CCC(C(Cl)Cl)C1(C)CO. The van der Waals surface area contributed by atoms with Gasteiger partial charge in [0.2, 0.25) is 0 Å². The summed E-state index contributed by atoms with van der Waals surface area (Å²) in [5.41, 5.74) is -1.71. The van der Waals surface area contributed by atoms with Crippen LogP contribution in [0.2, 0.25) is 0 Å². The normalized spacial score (nSPS) is 41.1. The number of alkyl halides is 2. The first-order valence-electron chi connectivity index (χ1n) is 4.92. The van der Waals surface area contributed by atoms with Gasteiger partial charge in [-0.05, 0) is 25.7 Å². The van der Waals surface area contributed by atoms with Gasteiger partial charge in [0.1, 0.15) is 4.84 Å². The lowest BCUT2D eigenvalue weighted by Crippen LogP contribution is -2.46. The maximum atomic E-state index is 11.3. The second-order valence-electron chi connectivity index (χ2n) is 4.69. The number of carbonyl (C=O) groups is 1. The summed E-state index contributed by atoms with van der Waals surface area (Å²) in [6, 6.07) is 0. The van der Waals surface area contributed by atoms with Crippen LogP contribution in [0.15, 0.2) is 0 Å². The lowest BCUT2D eigenvalue weighted by Gasteiger charge is -2.40. The molecule has 3 nitrogen and oxygen atoms in total. The zero-order valence-corrected chi connectivity index (χ0v) is 10.3. The summed E-state index contributed by atoms with van der Waals surface area (Å²) in [4.78, 5) is 10.6. The molecule has 1 fully saturated rings. The standard InChI is InChI=1S/C10H16Cl2O3/c1-9(8(14)15)4-3-6(7(11)12)10(9,2)5-13/h6-7,13H,3-5H2,1-2H3,(H,14,15). The van der Waals surface area contributed by atoms with Crippen molar-refractivity contribution >= 4 is 29.2 Å². The molecule has 3 atom stereocenters. The Morgan fingerprint density at radius 2 is 2.07 bits per heavy atom. The van der Waals surface area contributed by atoms with E-state index in [2.05, 4.69) is 0 Å². The first-order valence-corrected chi connectivity index (χ1v) is 5.79. The predicted octanol–water partition coefficient (Wildman–Crippen LogP) is 2.29. The van der Waals surface area contributed by atoms with E-state index in [1.807, 2.05) is 0 Å². The van der Waals surface area contributed by atoms with E-state index in [0.717, 1.165) is 0 Å². The van der Waals surface area contributed by atoms with E-state index in [1.165, 1.54) is 0 Å². The number of aliphatic carboxylic acids is 1. The molecule has 2 N–H and O–H groups in total. The molecule has 0 aliphatic heterocycles. The second-order valence-corrected chi connectivity index (χ2v) is 5.86. The van der Waals surface area contributed by atoms with E-state index in [0.29, 0.717) is 12.8 Å². The zero-order chi connectivity index (χ0) is 11.9. The predicted molar refractivity (Wildman–Crippen MR) is 59.2 cm³/mol. The number of carboxylic acids is 1. The highest BCUT2D eigenvalue weighted by atomic mass is 35.5. The van der Waals surface area contributed by atoms with Gasteiger partial charge in [-0.1, -0.05) is 6.92 Å². The van der Waals surface area contributed by atoms with Gasteiger partial charge < -0.3 is 10.2 Å². The summed E-state index contributed by atoms with van der Waals surface area (Å²) in [5, 5.41) is 18.7. The number of hydrogen-bond acceptors (Lipinski definition) is 2. The van der Waals surface area contributed by atoms with Crippen molar-refractivity contribution in [2.75, 3.05) is 6.61 Å². The number of aliphatic hydroxyl groups is 1. The van der Waals surface area contributed by atoms with Gasteiger partial charge in [-0.15, -0.1) is 23.2 Å². The van der Waals surface area contributed by atoms with Crippen LogP contribution in [-0.2, 0) is 4.79 Å². The Bertz CT molecular complexity index is 269. The van der Waals surface area contributed by atoms with Gasteiger partial charge >= 0.3 is 5.97 Å². The molecule has 1 aliphatic carbocycles. The van der Waals surface area contributed by atoms with Crippen LogP contribution in [-0.4, -0.2) is 27.6 Å². The van der Waals surface area contributed by atoms with Crippen LogP contribution in [0.3, 0.4) is 0 Å². The Hall–Kier alpha value is 0.01000. The van der Waals surface area contributed by atoms with Gasteiger partial charge in [0.25, 0.3) is 0 Å². The molecule has 0 bridgehead atoms. The molecular weight excluding hydrogens is 239 g/mol. The Morgan fingerprint density at radius 1 is 1.53 bits per heavy atom. The largest absolute Gasteiger partial charge is 0.481 e. The molecule has 0 saturated heterocycles. The zero-order valence-electron chi connectivity index (χ0n) is 8.83. The Morgan fingerprint density at radius 3 is 2.40 bits per heavy atom. The van der Waals surface area contributed by atoms with Crippen LogP contribution in [0.1, 0.15) is 26.7 Å². The summed E-state index contributed by atoms with van der Waals surface area (Å²) in [7, 11) is 0. The summed E-state index contributed by atoms with van der Waals surface area (Å²) in [6.45, 7) is 3.19. The van der Waals surface area contributed by atoms with Crippen molar-refractivity contribution in [1.82, 2.24) is 0 Å². The van der Waals surface area contributed by atoms with Gasteiger partial charge in [-0.3, -0.25) is 4.79 Å². The molecule has 0 aromatic heterocycles. The first kappa shape index (κ1) is 13.1. The highest BCUT2D eigenvalue weighted by Gasteiger charge is 2.60. The minimum Gasteiger partial charge on any atom is -0.481 e. The monoisotopic (exact) mass is 254 g/mol. The first-order chi connectivity index (χ1) is 6.79. The van der Waals surface area contributed by atoms with E-state index in [-0.39, 0.29) is 12.5 Å². The number of rotatable bonds is 3. The molecule has 0 radical (unpaired) electrons. The summed E-state index contributed by atoms with van der Waals surface area (Å²) in [6.07, 6.45) is 1.14. The van der Waals surface area contributed by atoms with Crippen molar-refractivity contribution in [3.63, 3.8) is 0 Å². The Kier molecular flexibility index (Phi) is 3.59. The van der Waals surface area contributed by atoms with Crippen molar-refractivity contribution in [2.24, 2.45) is 16.7 Å². The van der Waals surface area contributed by atoms with Crippen LogP contribution in [0.25, 0.3) is 0 Å². The topological polar surface area (TPSA) is 57.5 Å². The number of aliphatic hydroxyl groups excluding tert-OH is 1. The fourth-order valence-corrected chi connectivity index (χ4v) is 3.31. The molecule has 1 rings (SSSR count). The number of hydrogen-bond donors (Lipinski definition) is 2. The molecule has 0 aromatic rings. The van der Waals surface area contributed by atoms with Crippen molar-refractivity contribution in [1.29, 1.82) is 0 Å². The van der Waals surface area contributed by atoms with E-state index >= 15 is 0 Å². The molecule has 1 saturated carbocycles. The Balaban J connectivity index is 3.11. The van der Waals surface area contributed by atoms with Crippen LogP contribution in [0.4, 0.5) is 0 Å². The maximum Gasteiger partial charge on any atom is 0.310 e. The van der Waals surface area contributed by atoms with Crippen molar-refractivity contribution < 1.29 is 15.0 Å². The van der Waals surface area contributed by atoms with Crippen molar-refractivity contribution in [3.8, 4) is 0 Å². The van der Waals surface area contributed by atoms with Crippen LogP contribution in [0.5, 0.6) is 0 Å². The lowest BCUT2D eigenvalue weighted by atomic mass is 9.65. The lowest BCUT2D eigenvalue weighted by molar-refractivity contribution is -0.157. The average Bonchev–Trinajstić information content (AvgIpc) is 2.42. The van der Waals surface area contributed by atoms with Crippen LogP contribution >= 0.6 is 23.2 Å². The van der Waals surface area contributed by atoms with E-state index in [4.69, 9.17) is 23.2 Å². The van der Waals surface area contributed by atoms with Crippen LogP contribution in [0, 0.1) is 16.7 Å². The highest BCUT2D eigenvalue weighted by Crippen LogP contribution is 2.58. The van der Waals surface area contributed by atoms with Gasteiger partial charge in [-0.25, -0.2) is 0 Å². The van der Waals surface area contributed by atoms with E-state index in [9.17, 15) is 15.0 Å². The molecule has 3 unspecified atom stereocenters. The van der Waals surface area contributed by atoms with Crippen molar-refractivity contribution in [3.05, 3.63) is 0 Å². The van der Waals surface area contributed by atoms with Crippen LogP contribution < -0.4 is 0 Å². The summed E-state index contributed by atoms with van der Waals surface area (Å²) in [5.74, 6) is -1.07. The molecule has 0 aromatic carbocycles. The molecule has 1 aliphatic rings. The molecule has 0 spiro atoms. The quantitative estimate of drug-likeness (QED) is 0.760. The van der Waals surface area contributed by atoms with Gasteiger partial charge in [0.05, 0.1) is 5.41 Å². The fraction of sp³-hybridized carbons (Fsp3) is 0.900. The second kappa shape index (κ2) is 4.11. The molecule has 5 heteroatoms. The fourth-order valence-electron chi connectivity index (χ4n) is 2.50. The molecule has 0 heterocycles. The average molecular weight is 255 g/mol. The number of halogens is 2. The molecule has 88 valence electrons. The number of carboxylic acid groups (broad SMARTS) is 1. The molecule has 0 amide bonds. The molecule has 15 heavy (non-hydrogen) atoms. The Labute approximate surface area is 99.4 Å². The maximum absolute atomic E-state index is 11.3. The molecular formula is C10H16Cl2O3. The van der Waals surface area contributed by atoms with Gasteiger partial charge in [0, 0.05) is 12.0 Å². The summed E-state index contributed by atoms with van der Waals surface area (Å²) >= 11 is 11.7. The third-order valence-electron chi connectivity index (χ3n) is 4.14. The third kappa shape index (κ3) is 1.75. The smallest absolute Gasteiger partial charge is 0.310 e. The third-order valence-corrected chi connectivity index (χ3v) is 4.75. The minimum atomic E-state index is -0.950. The summed E-state index contributed by atoms with van der Waals surface area (Å²) < 4.78 is 0. The highest BCUT2D eigenvalue weighted by molar-refractivity contribution is 6.44. The van der Waals surface area contributed by atoms with Gasteiger partial charge in [0.15, 0.2) is 0 Å². The van der Waals surface area contributed by atoms with E-state index in [1.54, 1.807) is 13.8 Å².